The highest BCUT2D eigenvalue weighted by atomic mass is 35.5. The molecule has 1 saturated carbocycles. The van der Waals surface area contributed by atoms with Gasteiger partial charge in [-0.2, -0.15) is 0 Å². The van der Waals surface area contributed by atoms with Gasteiger partial charge in [0.15, 0.2) is 10.8 Å². The molecular weight excluding hydrogens is 226 g/mol. The Labute approximate surface area is 99.4 Å². The van der Waals surface area contributed by atoms with Crippen LogP contribution in [0.2, 0.25) is 5.15 Å². The summed E-state index contributed by atoms with van der Waals surface area (Å²) in [4.78, 5) is 11.8. The molecule has 5 heteroatoms. The zero-order valence-corrected chi connectivity index (χ0v) is 9.70. The number of hydrogen-bond acceptors (Lipinski definition) is 3. The number of rotatable bonds is 2. The van der Waals surface area contributed by atoms with Gasteiger partial charge in [0.2, 0.25) is 0 Å². The lowest BCUT2D eigenvalue weighted by Crippen LogP contribution is -2.36. The minimum Gasteiger partial charge on any atom is -0.348 e. The fourth-order valence-electron chi connectivity index (χ4n) is 1.94. The van der Waals surface area contributed by atoms with Crippen LogP contribution in [0.15, 0.2) is 12.1 Å². The summed E-state index contributed by atoms with van der Waals surface area (Å²) >= 11 is 5.60. The van der Waals surface area contributed by atoms with Gasteiger partial charge in [-0.05, 0) is 25.0 Å². The Balaban J connectivity index is 1.94. The van der Waals surface area contributed by atoms with Crippen molar-refractivity contribution in [3.63, 3.8) is 0 Å². The zero-order valence-electron chi connectivity index (χ0n) is 8.95. The molecule has 4 nitrogen and oxygen atoms in total. The van der Waals surface area contributed by atoms with Crippen LogP contribution in [0.1, 0.15) is 42.6 Å². The molecule has 0 aliphatic heterocycles. The van der Waals surface area contributed by atoms with Crippen LogP contribution >= 0.6 is 11.6 Å². The molecule has 1 aliphatic rings. The smallest absolute Gasteiger partial charge is 0.272 e. The van der Waals surface area contributed by atoms with Crippen molar-refractivity contribution >= 4 is 17.5 Å². The Morgan fingerprint density at radius 1 is 1.25 bits per heavy atom. The topological polar surface area (TPSA) is 54.9 Å². The van der Waals surface area contributed by atoms with E-state index in [2.05, 4.69) is 15.5 Å². The fourth-order valence-corrected chi connectivity index (χ4v) is 2.04. The largest absolute Gasteiger partial charge is 0.348 e. The van der Waals surface area contributed by atoms with Crippen LogP contribution < -0.4 is 5.32 Å². The third kappa shape index (κ3) is 2.92. The van der Waals surface area contributed by atoms with E-state index in [1.807, 2.05) is 0 Å². The van der Waals surface area contributed by atoms with Crippen LogP contribution in [0.3, 0.4) is 0 Å². The van der Waals surface area contributed by atoms with Gasteiger partial charge in [-0.1, -0.05) is 30.9 Å². The van der Waals surface area contributed by atoms with Crippen molar-refractivity contribution in [1.82, 2.24) is 15.5 Å². The molecule has 0 bridgehead atoms. The second-order valence-corrected chi connectivity index (χ2v) is 4.44. The van der Waals surface area contributed by atoms with E-state index in [1.54, 1.807) is 12.1 Å². The van der Waals surface area contributed by atoms with E-state index in [0.29, 0.717) is 16.9 Å². The SMILES string of the molecule is O=C(NC1CCCCC1)c1ccc(Cl)nn1. The molecule has 1 fully saturated rings. The average molecular weight is 240 g/mol. The van der Waals surface area contributed by atoms with Crippen LogP contribution in [0.4, 0.5) is 0 Å². The van der Waals surface area contributed by atoms with E-state index in [0.717, 1.165) is 12.8 Å². The summed E-state index contributed by atoms with van der Waals surface area (Å²) in [5.74, 6) is -0.156. The molecule has 1 amide bonds. The molecule has 0 aromatic carbocycles. The first-order chi connectivity index (χ1) is 7.75. The summed E-state index contributed by atoms with van der Waals surface area (Å²) in [6, 6.07) is 3.46. The summed E-state index contributed by atoms with van der Waals surface area (Å²) in [6.45, 7) is 0. The molecule has 0 saturated heterocycles. The Bertz CT molecular complexity index is 360. The lowest BCUT2D eigenvalue weighted by molar-refractivity contribution is 0.0921. The maximum atomic E-state index is 11.8. The Hall–Kier alpha value is -1.16. The van der Waals surface area contributed by atoms with Gasteiger partial charge in [0.1, 0.15) is 0 Å². The number of carbonyl (C=O) groups is 1. The third-order valence-electron chi connectivity index (χ3n) is 2.81. The highest BCUT2D eigenvalue weighted by molar-refractivity contribution is 6.29. The van der Waals surface area contributed by atoms with Crippen LogP contribution in [-0.2, 0) is 0 Å². The second kappa shape index (κ2) is 5.25. The number of carbonyl (C=O) groups excluding carboxylic acids is 1. The number of hydrogen-bond donors (Lipinski definition) is 1. The van der Waals surface area contributed by atoms with Crippen molar-refractivity contribution in [3.05, 3.63) is 23.0 Å². The molecule has 0 radical (unpaired) electrons. The van der Waals surface area contributed by atoms with Crippen LogP contribution in [0, 0.1) is 0 Å². The quantitative estimate of drug-likeness (QED) is 0.861. The van der Waals surface area contributed by atoms with Gasteiger partial charge < -0.3 is 5.32 Å². The maximum Gasteiger partial charge on any atom is 0.272 e. The number of amides is 1. The van der Waals surface area contributed by atoms with Crippen LogP contribution in [-0.4, -0.2) is 22.1 Å². The predicted octanol–water partition coefficient (Wildman–Crippen LogP) is 2.19. The lowest BCUT2D eigenvalue weighted by Gasteiger charge is -2.22. The molecule has 0 unspecified atom stereocenters. The van der Waals surface area contributed by atoms with E-state index in [-0.39, 0.29) is 5.91 Å². The second-order valence-electron chi connectivity index (χ2n) is 4.05. The van der Waals surface area contributed by atoms with Gasteiger partial charge in [-0.15, -0.1) is 10.2 Å². The minimum atomic E-state index is -0.156. The maximum absolute atomic E-state index is 11.8. The normalized spacial score (nSPS) is 17.1. The van der Waals surface area contributed by atoms with Gasteiger partial charge in [-0.3, -0.25) is 4.79 Å². The summed E-state index contributed by atoms with van der Waals surface area (Å²) in [5.41, 5.74) is 0.329. The predicted molar refractivity (Wildman–Crippen MR) is 61.4 cm³/mol. The zero-order chi connectivity index (χ0) is 11.4. The first-order valence-electron chi connectivity index (χ1n) is 5.56. The lowest BCUT2D eigenvalue weighted by atomic mass is 9.95. The van der Waals surface area contributed by atoms with Gasteiger partial charge in [-0.25, -0.2) is 0 Å². The molecule has 1 aromatic heterocycles. The third-order valence-corrected chi connectivity index (χ3v) is 3.01. The van der Waals surface area contributed by atoms with Crippen molar-refractivity contribution in [1.29, 1.82) is 0 Å². The fraction of sp³-hybridized carbons (Fsp3) is 0.545. The molecule has 2 rings (SSSR count). The van der Waals surface area contributed by atoms with Crippen molar-refractivity contribution in [2.24, 2.45) is 0 Å². The first kappa shape index (κ1) is 11.3. The average Bonchev–Trinajstić information content (AvgIpc) is 2.31. The monoisotopic (exact) mass is 239 g/mol. The van der Waals surface area contributed by atoms with E-state index < -0.39 is 0 Å². The molecule has 86 valence electrons. The first-order valence-corrected chi connectivity index (χ1v) is 5.93. The standard InChI is InChI=1S/C11H14ClN3O/c12-10-7-6-9(14-15-10)11(16)13-8-4-2-1-3-5-8/h6-8H,1-5H2,(H,13,16). The highest BCUT2D eigenvalue weighted by Crippen LogP contribution is 2.17. The van der Waals surface area contributed by atoms with Gasteiger partial charge >= 0.3 is 0 Å². The van der Waals surface area contributed by atoms with E-state index >= 15 is 0 Å². The van der Waals surface area contributed by atoms with Crippen molar-refractivity contribution in [2.75, 3.05) is 0 Å². The number of nitrogens with zero attached hydrogens (tertiary/aromatic N) is 2. The van der Waals surface area contributed by atoms with Crippen molar-refractivity contribution in [2.45, 2.75) is 38.1 Å². The Kier molecular flexibility index (Phi) is 3.72. The van der Waals surface area contributed by atoms with E-state index in [1.165, 1.54) is 19.3 Å². The molecular formula is C11H14ClN3O. The van der Waals surface area contributed by atoms with Crippen molar-refractivity contribution in [3.8, 4) is 0 Å². The van der Waals surface area contributed by atoms with Crippen LogP contribution in [0.5, 0.6) is 0 Å². The Morgan fingerprint density at radius 2 is 2.00 bits per heavy atom. The summed E-state index contributed by atoms with van der Waals surface area (Å²) in [7, 11) is 0. The van der Waals surface area contributed by atoms with E-state index in [4.69, 9.17) is 11.6 Å². The molecule has 1 N–H and O–H groups in total. The number of aromatic nitrogens is 2. The van der Waals surface area contributed by atoms with E-state index in [9.17, 15) is 4.79 Å². The summed E-state index contributed by atoms with van der Waals surface area (Å²) in [5, 5.41) is 10.7. The Morgan fingerprint density at radius 3 is 2.62 bits per heavy atom. The molecule has 16 heavy (non-hydrogen) atoms. The highest BCUT2D eigenvalue weighted by Gasteiger charge is 2.17. The van der Waals surface area contributed by atoms with Crippen LogP contribution in [0.25, 0.3) is 0 Å². The minimum absolute atomic E-state index is 0.156. The summed E-state index contributed by atoms with van der Waals surface area (Å²) in [6.07, 6.45) is 5.78. The molecule has 1 aromatic rings. The number of halogens is 1. The van der Waals surface area contributed by atoms with Gasteiger partial charge in [0.05, 0.1) is 0 Å². The molecule has 0 spiro atoms. The molecule has 1 heterocycles. The number of nitrogens with one attached hydrogen (secondary N) is 1. The van der Waals surface area contributed by atoms with Gasteiger partial charge in [0, 0.05) is 6.04 Å². The van der Waals surface area contributed by atoms with Crippen molar-refractivity contribution < 1.29 is 4.79 Å². The van der Waals surface area contributed by atoms with Gasteiger partial charge in [0.25, 0.3) is 5.91 Å². The molecule has 1 aliphatic carbocycles. The summed E-state index contributed by atoms with van der Waals surface area (Å²) < 4.78 is 0. The molecule has 0 atom stereocenters.